The van der Waals surface area contributed by atoms with Crippen molar-refractivity contribution in [3.63, 3.8) is 0 Å². The molecule has 0 aliphatic carbocycles. The highest BCUT2D eigenvalue weighted by atomic mass is 16.4. The second-order valence-electron chi connectivity index (χ2n) is 6.40. The Balaban J connectivity index is 2.77. The van der Waals surface area contributed by atoms with Crippen molar-refractivity contribution in [3.8, 4) is 0 Å². The van der Waals surface area contributed by atoms with E-state index < -0.39 is 17.9 Å². The summed E-state index contributed by atoms with van der Waals surface area (Å²) in [6.07, 6.45) is 2.05. The maximum Gasteiger partial charge on any atom is 0.326 e. The Morgan fingerprint density at radius 2 is 1.67 bits per heavy atom. The van der Waals surface area contributed by atoms with Crippen LogP contribution in [0.4, 0.5) is 0 Å². The number of carboxylic acids is 1. The number of hydrogen-bond donors (Lipinski definition) is 2. The van der Waals surface area contributed by atoms with Crippen molar-refractivity contribution < 1.29 is 19.5 Å². The van der Waals surface area contributed by atoms with Crippen molar-refractivity contribution >= 4 is 17.7 Å². The molecule has 1 aromatic carbocycles. The molecule has 24 heavy (non-hydrogen) atoms. The molecule has 0 aliphatic rings. The van der Waals surface area contributed by atoms with Crippen LogP contribution in [-0.4, -0.2) is 28.8 Å². The van der Waals surface area contributed by atoms with Crippen LogP contribution < -0.4 is 5.32 Å². The molecule has 5 nitrogen and oxygen atoms in total. The molecule has 0 heterocycles. The van der Waals surface area contributed by atoms with Crippen molar-refractivity contribution in [1.82, 2.24) is 5.32 Å². The smallest absolute Gasteiger partial charge is 0.326 e. The Bertz CT molecular complexity index is 578. The fourth-order valence-corrected chi connectivity index (χ4v) is 2.38. The number of amides is 1. The summed E-state index contributed by atoms with van der Waals surface area (Å²) in [4.78, 5) is 35.5. The van der Waals surface area contributed by atoms with Crippen LogP contribution in [0.5, 0.6) is 0 Å². The van der Waals surface area contributed by atoms with Crippen LogP contribution >= 0.6 is 0 Å². The highest BCUT2D eigenvalue weighted by Gasteiger charge is 2.23. The van der Waals surface area contributed by atoms with E-state index in [1.807, 2.05) is 20.8 Å². The molecule has 0 fully saturated rings. The first kappa shape index (κ1) is 19.9. The van der Waals surface area contributed by atoms with E-state index >= 15 is 0 Å². The molecule has 0 saturated carbocycles. The summed E-state index contributed by atoms with van der Waals surface area (Å²) in [7, 11) is 0. The van der Waals surface area contributed by atoms with Crippen LogP contribution in [0.15, 0.2) is 24.3 Å². The fourth-order valence-electron chi connectivity index (χ4n) is 2.38. The van der Waals surface area contributed by atoms with Crippen molar-refractivity contribution in [2.45, 2.75) is 58.9 Å². The molecule has 1 rings (SSSR count). The summed E-state index contributed by atoms with van der Waals surface area (Å²) in [6.45, 7) is 7.39. The zero-order valence-electron chi connectivity index (χ0n) is 14.8. The minimum absolute atomic E-state index is 0.0594. The summed E-state index contributed by atoms with van der Waals surface area (Å²) >= 11 is 0. The lowest BCUT2D eigenvalue weighted by Gasteiger charge is -2.18. The molecular formula is C19H27NO4. The van der Waals surface area contributed by atoms with Crippen LogP contribution in [0.2, 0.25) is 0 Å². The van der Waals surface area contributed by atoms with Gasteiger partial charge in [0, 0.05) is 11.5 Å². The Morgan fingerprint density at radius 3 is 2.12 bits per heavy atom. The van der Waals surface area contributed by atoms with Crippen molar-refractivity contribution in [2.75, 3.05) is 0 Å². The first-order valence-electron chi connectivity index (χ1n) is 8.45. The van der Waals surface area contributed by atoms with E-state index in [4.69, 9.17) is 0 Å². The van der Waals surface area contributed by atoms with Gasteiger partial charge in [-0.1, -0.05) is 57.9 Å². The first-order chi connectivity index (χ1) is 11.3. The van der Waals surface area contributed by atoms with Gasteiger partial charge in [-0.15, -0.1) is 0 Å². The van der Waals surface area contributed by atoms with Gasteiger partial charge in [-0.2, -0.15) is 0 Å². The van der Waals surface area contributed by atoms with Gasteiger partial charge < -0.3 is 10.4 Å². The Morgan fingerprint density at radius 1 is 1.08 bits per heavy atom. The standard InChI is InChI=1S/C19H27NO4/c1-5-6-7-16(19(23)24)20-18(22)13(4)14-8-10-15(11-9-14)17(21)12(2)3/h8-13,16H,5-7H2,1-4H3,(H,20,22)(H,23,24). The third-order valence-electron chi connectivity index (χ3n) is 4.07. The van der Waals surface area contributed by atoms with Crippen LogP contribution in [0.25, 0.3) is 0 Å². The summed E-state index contributed by atoms with van der Waals surface area (Å²) in [5, 5.41) is 11.8. The van der Waals surface area contributed by atoms with Crippen molar-refractivity contribution in [1.29, 1.82) is 0 Å². The van der Waals surface area contributed by atoms with Gasteiger partial charge >= 0.3 is 5.97 Å². The van der Waals surface area contributed by atoms with E-state index in [1.165, 1.54) is 0 Å². The number of unbranched alkanes of at least 4 members (excludes halogenated alkanes) is 1. The molecule has 1 aromatic rings. The third kappa shape index (κ3) is 5.48. The van der Waals surface area contributed by atoms with Gasteiger partial charge in [0.05, 0.1) is 5.92 Å². The van der Waals surface area contributed by atoms with Gasteiger partial charge in [0.2, 0.25) is 5.91 Å². The van der Waals surface area contributed by atoms with Gasteiger partial charge in [0.1, 0.15) is 6.04 Å². The Hall–Kier alpha value is -2.17. The number of Topliss-reactive ketones (excluding diaryl/α,β-unsaturated/α-hetero) is 1. The average molecular weight is 333 g/mol. The quantitative estimate of drug-likeness (QED) is 0.679. The molecule has 2 atom stereocenters. The number of carboxylic acid groups (broad SMARTS) is 1. The van der Waals surface area contributed by atoms with Gasteiger partial charge in [-0.05, 0) is 18.9 Å². The van der Waals surface area contributed by atoms with E-state index in [-0.39, 0.29) is 17.6 Å². The van der Waals surface area contributed by atoms with Crippen LogP contribution in [-0.2, 0) is 9.59 Å². The first-order valence-corrected chi connectivity index (χ1v) is 8.45. The molecular weight excluding hydrogens is 306 g/mol. The van der Waals surface area contributed by atoms with Gasteiger partial charge in [0.15, 0.2) is 5.78 Å². The van der Waals surface area contributed by atoms with E-state index in [0.717, 1.165) is 18.4 Å². The monoisotopic (exact) mass is 333 g/mol. The molecule has 2 N–H and O–H groups in total. The van der Waals surface area contributed by atoms with E-state index in [2.05, 4.69) is 5.32 Å². The topological polar surface area (TPSA) is 83.5 Å². The van der Waals surface area contributed by atoms with Crippen molar-refractivity contribution in [2.24, 2.45) is 5.92 Å². The van der Waals surface area contributed by atoms with Gasteiger partial charge in [0.25, 0.3) is 0 Å². The molecule has 0 spiro atoms. The second-order valence-corrected chi connectivity index (χ2v) is 6.40. The molecule has 0 bridgehead atoms. The summed E-state index contributed by atoms with van der Waals surface area (Å²) in [5.41, 5.74) is 1.38. The Labute approximate surface area is 143 Å². The lowest BCUT2D eigenvalue weighted by molar-refractivity contribution is -0.142. The maximum absolute atomic E-state index is 12.3. The number of carbonyl (C=O) groups is 3. The van der Waals surface area contributed by atoms with Crippen molar-refractivity contribution in [3.05, 3.63) is 35.4 Å². The van der Waals surface area contributed by atoms with Crippen LogP contribution in [0.3, 0.4) is 0 Å². The van der Waals surface area contributed by atoms with E-state index in [9.17, 15) is 19.5 Å². The molecule has 1 amide bonds. The molecule has 132 valence electrons. The zero-order valence-corrected chi connectivity index (χ0v) is 14.8. The van der Waals surface area contributed by atoms with Crippen LogP contribution in [0.1, 0.15) is 68.8 Å². The van der Waals surface area contributed by atoms with E-state index in [0.29, 0.717) is 12.0 Å². The molecule has 2 unspecified atom stereocenters. The summed E-state index contributed by atoms with van der Waals surface area (Å²) in [6, 6.07) is 6.07. The lowest BCUT2D eigenvalue weighted by Crippen LogP contribution is -2.42. The van der Waals surface area contributed by atoms with Crippen LogP contribution in [0, 0.1) is 5.92 Å². The van der Waals surface area contributed by atoms with Gasteiger partial charge in [-0.3, -0.25) is 9.59 Å². The number of carbonyl (C=O) groups excluding carboxylic acids is 2. The normalized spacial score (nSPS) is 13.4. The minimum atomic E-state index is -1.01. The molecule has 5 heteroatoms. The summed E-state index contributed by atoms with van der Waals surface area (Å²) in [5.74, 6) is -1.82. The zero-order chi connectivity index (χ0) is 18.3. The third-order valence-corrected chi connectivity index (χ3v) is 4.07. The minimum Gasteiger partial charge on any atom is -0.480 e. The number of nitrogens with one attached hydrogen (secondary N) is 1. The largest absolute Gasteiger partial charge is 0.480 e. The SMILES string of the molecule is CCCCC(NC(=O)C(C)c1ccc(C(=O)C(C)C)cc1)C(=O)O. The van der Waals surface area contributed by atoms with Gasteiger partial charge in [-0.25, -0.2) is 4.79 Å². The summed E-state index contributed by atoms with van der Waals surface area (Å²) < 4.78 is 0. The number of benzene rings is 1. The predicted molar refractivity (Wildman–Crippen MR) is 93.1 cm³/mol. The predicted octanol–water partition coefficient (Wildman–Crippen LogP) is 3.39. The lowest BCUT2D eigenvalue weighted by atomic mass is 9.95. The highest BCUT2D eigenvalue weighted by molar-refractivity contribution is 5.97. The number of rotatable bonds is 9. The number of ketones is 1. The highest BCUT2D eigenvalue weighted by Crippen LogP contribution is 2.18. The Kier molecular flexibility index (Phi) is 7.62. The molecule has 0 saturated heterocycles. The molecule has 0 aliphatic heterocycles. The molecule has 0 aromatic heterocycles. The molecule has 0 radical (unpaired) electrons. The number of aliphatic carboxylic acids is 1. The fraction of sp³-hybridized carbons (Fsp3) is 0.526. The second kappa shape index (κ2) is 9.21. The average Bonchev–Trinajstić information content (AvgIpc) is 2.56. The van der Waals surface area contributed by atoms with E-state index in [1.54, 1.807) is 31.2 Å². The number of hydrogen-bond acceptors (Lipinski definition) is 3. The maximum atomic E-state index is 12.3.